The van der Waals surface area contributed by atoms with Crippen LogP contribution in [0.1, 0.15) is 34.6 Å². The van der Waals surface area contributed by atoms with Crippen LogP contribution in [-0.2, 0) is 14.8 Å². The van der Waals surface area contributed by atoms with Gasteiger partial charge < -0.3 is 9.47 Å². The molecule has 0 spiro atoms. The standard InChI is InChI=1S/C20H22ClNO6S/c1-5-27-15-8-6-14(7-9-15)19(23)13(2)28-20(24)17-12-16(10-11-18(17)21)29(25,26)22(3)4/h6-13H,5H2,1-4H3/t13-/m1/s1. The van der Waals surface area contributed by atoms with E-state index in [0.29, 0.717) is 17.9 Å². The minimum atomic E-state index is -3.76. The molecule has 0 unspecified atom stereocenters. The van der Waals surface area contributed by atoms with E-state index < -0.39 is 27.9 Å². The van der Waals surface area contributed by atoms with Gasteiger partial charge in [0.2, 0.25) is 15.8 Å². The van der Waals surface area contributed by atoms with Crippen molar-refractivity contribution in [1.29, 1.82) is 0 Å². The topological polar surface area (TPSA) is 90.0 Å². The van der Waals surface area contributed by atoms with E-state index in [1.807, 2.05) is 6.92 Å². The highest BCUT2D eigenvalue weighted by Gasteiger charge is 2.25. The van der Waals surface area contributed by atoms with E-state index in [2.05, 4.69) is 0 Å². The second-order valence-electron chi connectivity index (χ2n) is 6.30. The van der Waals surface area contributed by atoms with Gasteiger partial charge >= 0.3 is 5.97 Å². The Morgan fingerprint density at radius 3 is 2.28 bits per heavy atom. The van der Waals surface area contributed by atoms with Gasteiger partial charge in [0, 0.05) is 19.7 Å². The summed E-state index contributed by atoms with van der Waals surface area (Å²) in [4.78, 5) is 24.9. The lowest BCUT2D eigenvalue weighted by molar-refractivity contribution is 0.0318. The maximum atomic E-state index is 12.5. The molecule has 0 fully saturated rings. The molecule has 2 rings (SSSR count). The number of rotatable bonds is 8. The van der Waals surface area contributed by atoms with E-state index in [-0.39, 0.29) is 15.5 Å². The van der Waals surface area contributed by atoms with Crippen molar-refractivity contribution in [3.05, 3.63) is 58.6 Å². The predicted octanol–water partition coefficient (Wildman–Crippen LogP) is 3.42. The van der Waals surface area contributed by atoms with Crippen LogP contribution in [-0.4, -0.2) is 51.3 Å². The lowest BCUT2D eigenvalue weighted by atomic mass is 10.1. The lowest BCUT2D eigenvalue weighted by Gasteiger charge is -2.15. The average Bonchev–Trinajstić information content (AvgIpc) is 2.68. The molecule has 0 saturated carbocycles. The van der Waals surface area contributed by atoms with E-state index in [9.17, 15) is 18.0 Å². The predicted molar refractivity (Wildman–Crippen MR) is 109 cm³/mol. The zero-order chi connectivity index (χ0) is 21.8. The molecule has 0 radical (unpaired) electrons. The van der Waals surface area contributed by atoms with Gasteiger partial charge in [0.1, 0.15) is 5.75 Å². The van der Waals surface area contributed by atoms with Gasteiger partial charge in [-0.1, -0.05) is 11.6 Å². The minimum Gasteiger partial charge on any atom is -0.494 e. The maximum Gasteiger partial charge on any atom is 0.340 e. The molecule has 0 saturated heterocycles. The third-order valence-electron chi connectivity index (χ3n) is 4.04. The van der Waals surface area contributed by atoms with Crippen molar-refractivity contribution < 1.29 is 27.5 Å². The molecule has 0 amide bonds. The van der Waals surface area contributed by atoms with Crippen molar-refractivity contribution in [2.24, 2.45) is 0 Å². The van der Waals surface area contributed by atoms with Crippen LogP contribution in [0.3, 0.4) is 0 Å². The van der Waals surface area contributed by atoms with Crippen molar-refractivity contribution in [1.82, 2.24) is 4.31 Å². The molecule has 0 aromatic heterocycles. The molecule has 0 aliphatic rings. The Morgan fingerprint density at radius 1 is 1.10 bits per heavy atom. The number of hydrogen-bond acceptors (Lipinski definition) is 6. The number of ether oxygens (including phenoxy) is 2. The van der Waals surface area contributed by atoms with Crippen LogP contribution in [0, 0.1) is 0 Å². The number of sulfonamides is 1. The Bertz CT molecular complexity index is 1000. The summed E-state index contributed by atoms with van der Waals surface area (Å²) in [6, 6.07) is 10.2. The summed E-state index contributed by atoms with van der Waals surface area (Å²) in [5, 5.41) is 0.0217. The number of halogens is 1. The summed E-state index contributed by atoms with van der Waals surface area (Å²) in [6.45, 7) is 3.79. The Kier molecular flexibility index (Phi) is 7.40. The molecular formula is C20H22ClNO6S. The largest absolute Gasteiger partial charge is 0.494 e. The van der Waals surface area contributed by atoms with Crippen molar-refractivity contribution in [3.63, 3.8) is 0 Å². The molecule has 29 heavy (non-hydrogen) atoms. The summed E-state index contributed by atoms with van der Waals surface area (Å²) >= 11 is 6.04. The second kappa shape index (κ2) is 9.39. The fourth-order valence-corrected chi connectivity index (χ4v) is 3.55. The number of carbonyl (C=O) groups excluding carboxylic acids is 2. The fraction of sp³-hybridized carbons (Fsp3) is 0.300. The molecule has 2 aromatic carbocycles. The maximum absolute atomic E-state index is 12.5. The molecule has 7 nitrogen and oxygen atoms in total. The summed E-state index contributed by atoms with van der Waals surface area (Å²) in [6.07, 6.45) is -1.09. The molecule has 0 bridgehead atoms. The van der Waals surface area contributed by atoms with Crippen molar-refractivity contribution >= 4 is 33.4 Å². The minimum absolute atomic E-state index is 0.0217. The molecule has 0 aliphatic carbocycles. The molecule has 2 aromatic rings. The van der Waals surface area contributed by atoms with Crippen molar-refractivity contribution in [2.75, 3.05) is 20.7 Å². The van der Waals surface area contributed by atoms with Crippen molar-refractivity contribution in [3.8, 4) is 5.75 Å². The zero-order valence-corrected chi connectivity index (χ0v) is 18.1. The zero-order valence-electron chi connectivity index (χ0n) is 16.5. The highest BCUT2D eigenvalue weighted by molar-refractivity contribution is 7.89. The first-order valence-corrected chi connectivity index (χ1v) is 10.6. The Balaban J connectivity index is 2.19. The second-order valence-corrected chi connectivity index (χ2v) is 8.86. The monoisotopic (exact) mass is 439 g/mol. The number of carbonyl (C=O) groups is 2. The van der Waals surface area contributed by atoms with Crippen LogP contribution >= 0.6 is 11.6 Å². The SMILES string of the molecule is CCOc1ccc(C(=O)[C@@H](C)OC(=O)c2cc(S(=O)(=O)N(C)C)ccc2Cl)cc1. The summed E-state index contributed by atoms with van der Waals surface area (Å²) < 4.78 is 36.1. The van der Waals surface area contributed by atoms with Gasteiger partial charge in [-0.15, -0.1) is 0 Å². The van der Waals surface area contributed by atoms with Gasteiger partial charge in [-0.25, -0.2) is 17.5 Å². The highest BCUT2D eigenvalue weighted by Crippen LogP contribution is 2.24. The van der Waals surface area contributed by atoms with Crippen LogP contribution in [0.25, 0.3) is 0 Å². The van der Waals surface area contributed by atoms with Gasteiger partial charge in [0.15, 0.2) is 6.10 Å². The summed E-state index contributed by atoms with van der Waals surface area (Å²) in [5.74, 6) is -0.674. The molecule has 1 atom stereocenters. The molecule has 0 N–H and O–H groups in total. The van der Waals surface area contributed by atoms with E-state index in [0.717, 1.165) is 10.4 Å². The number of nitrogens with zero attached hydrogens (tertiary/aromatic N) is 1. The normalized spacial score (nSPS) is 12.5. The van der Waals surface area contributed by atoms with E-state index in [1.54, 1.807) is 24.3 Å². The number of ketones is 1. The molecule has 9 heteroatoms. The van der Waals surface area contributed by atoms with E-state index in [4.69, 9.17) is 21.1 Å². The Labute approximate surface area is 175 Å². The molecule has 0 heterocycles. The molecular weight excluding hydrogens is 418 g/mol. The molecule has 0 aliphatic heterocycles. The quantitative estimate of drug-likeness (QED) is 0.462. The smallest absolute Gasteiger partial charge is 0.340 e. The van der Waals surface area contributed by atoms with Crippen LogP contribution in [0.5, 0.6) is 5.75 Å². The number of Topliss-reactive ketones (excluding diaryl/α,β-unsaturated/α-hetero) is 1. The van der Waals surface area contributed by atoms with Gasteiger partial charge in [-0.05, 0) is 56.3 Å². The summed E-state index contributed by atoms with van der Waals surface area (Å²) in [5.41, 5.74) is 0.213. The Morgan fingerprint density at radius 2 is 1.72 bits per heavy atom. The first-order chi connectivity index (χ1) is 13.6. The number of esters is 1. The van der Waals surface area contributed by atoms with Crippen LogP contribution in [0.2, 0.25) is 5.02 Å². The first-order valence-electron chi connectivity index (χ1n) is 8.78. The highest BCUT2D eigenvalue weighted by atomic mass is 35.5. The molecule has 156 valence electrons. The van der Waals surface area contributed by atoms with E-state index in [1.165, 1.54) is 33.2 Å². The Hall–Kier alpha value is -2.42. The van der Waals surface area contributed by atoms with Crippen molar-refractivity contribution in [2.45, 2.75) is 24.8 Å². The fourth-order valence-electron chi connectivity index (χ4n) is 2.43. The van der Waals surface area contributed by atoms with Gasteiger partial charge in [-0.2, -0.15) is 0 Å². The first kappa shape index (κ1) is 22.9. The van der Waals surface area contributed by atoms with Crippen LogP contribution in [0.4, 0.5) is 0 Å². The van der Waals surface area contributed by atoms with Gasteiger partial charge in [0.25, 0.3) is 0 Å². The van der Waals surface area contributed by atoms with Gasteiger partial charge in [-0.3, -0.25) is 4.79 Å². The van der Waals surface area contributed by atoms with Crippen LogP contribution in [0.15, 0.2) is 47.4 Å². The summed E-state index contributed by atoms with van der Waals surface area (Å²) in [7, 11) is -1.01. The third kappa shape index (κ3) is 5.35. The lowest BCUT2D eigenvalue weighted by Crippen LogP contribution is -2.25. The van der Waals surface area contributed by atoms with Crippen LogP contribution < -0.4 is 4.74 Å². The third-order valence-corrected chi connectivity index (χ3v) is 6.18. The number of benzene rings is 2. The number of hydrogen-bond donors (Lipinski definition) is 0. The van der Waals surface area contributed by atoms with Gasteiger partial charge in [0.05, 0.1) is 22.1 Å². The average molecular weight is 440 g/mol. The van der Waals surface area contributed by atoms with E-state index >= 15 is 0 Å².